The smallest absolute Gasteiger partial charge is 0.139 e. The third kappa shape index (κ3) is 2.98. The first-order valence-electron chi connectivity index (χ1n) is 8.56. The number of nitrogens with zero attached hydrogens (tertiary/aromatic N) is 2. The standard InChI is InChI=1S/C21H19N3O2S/c1-12-7-8-14(9-13(12)2)15-11-27-21(23-15)19-18(26)10-24(20(19)22)16-5-3-4-6-17(16)25/h3-9,11,22,25-26H,10H2,1-2H3. The van der Waals surface area contributed by atoms with E-state index in [0.29, 0.717) is 16.3 Å². The van der Waals surface area contributed by atoms with E-state index in [1.54, 1.807) is 29.2 Å². The first kappa shape index (κ1) is 17.3. The summed E-state index contributed by atoms with van der Waals surface area (Å²) in [6, 6.07) is 13.0. The van der Waals surface area contributed by atoms with E-state index in [4.69, 9.17) is 5.41 Å². The van der Waals surface area contributed by atoms with Crippen LogP contribution in [-0.2, 0) is 0 Å². The maximum Gasteiger partial charge on any atom is 0.139 e. The number of anilines is 1. The van der Waals surface area contributed by atoms with Gasteiger partial charge in [0.1, 0.15) is 22.4 Å². The van der Waals surface area contributed by atoms with Crippen LogP contribution in [0.2, 0.25) is 0 Å². The molecule has 4 rings (SSSR count). The van der Waals surface area contributed by atoms with Crippen molar-refractivity contribution in [3.05, 3.63) is 69.7 Å². The second kappa shape index (κ2) is 6.55. The predicted octanol–water partition coefficient (Wildman–Crippen LogP) is 4.90. The van der Waals surface area contributed by atoms with Crippen LogP contribution in [0.4, 0.5) is 5.69 Å². The van der Waals surface area contributed by atoms with Gasteiger partial charge in [-0.15, -0.1) is 11.3 Å². The van der Waals surface area contributed by atoms with Crippen molar-refractivity contribution in [2.75, 3.05) is 11.4 Å². The molecular formula is C21H19N3O2S. The Morgan fingerprint density at radius 2 is 1.85 bits per heavy atom. The molecule has 6 heteroatoms. The molecular weight excluding hydrogens is 358 g/mol. The Bertz CT molecular complexity index is 1080. The SMILES string of the molecule is Cc1ccc(-c2csc(C3=C(O)CN(c4ccccc4O)C3=N)n2)cc1C. The van der Waals surface area contributed by atoms with Gasteiger partial charge < -0.3 is 15.1 Å². The number of hydrogen-bond donors (Lipinski definition) is 3. The lowest BCUT2D eigenvalue weighted by Gasteiger charge is -2.19. The van der Waals surface area contributed by atoms with Crippen molar-refractivity contribution in [1.29, 1.82) is 5.41 Å². The molecule has 0 spiro atoms. The summed E-state index contributed by atoms with van der Waals surface area (Å²) in [7, 11) is 0. The van der Waals surface area contributed by atoms with E-state index < -0.39 is 0 Å². The van der Waals surface area contributed by atoms with E-state index in [1.165, 1.54) is 22.5 Å². The fourth-order valence-corrected chi connectivity index (χ4v) is 4.02. The second-order valence-electron chi connectivity index (χ2n) is 6.58. The zero-order valence-electron chi connectivity index (χ0n) is 15.0. The molecule has 0 fully saturated rings. The Labute approximate surface area is 161 Å². The maximum absolute atomic E-state index is 10.5. The van der Waals surface area contributed by atoms with E-state index in [0.717, 1.165) is 11.3 Å². The van der Waals surface area contributed by atoms with E-state index in [9.17, 15) is 10.2 Å². The molecule has 2 aromatic carbocycles. The van der Waals surface area contributed by atoms with Gasteiger partial charge in [-0.3, -0.25) is 5.41 Å². The molecule has 27 heavy (non-hydrogen) atoms. The number of rotatable bonds is 3. The van der Waals surface area contributed by atoms with Crippen LogP contribution in [-0.4, -0.2) is 27.6 Å². The van der Waals surface area contributed by atoms with Crippen LogP contribution < -0.4 is 4.90 Å². The van der Waals surface area contributed by atoms with Crippen LogP contribution in [0, 0.1) is 19.3 Å². The molecule has 0 unspecified atom stereocenters. The molecule has 0 bridgehead atoms. The number of nitrogens with one attached hydrogen (secondary N) is 1. The van der Waals surface area contributed by atoms with Crippen molar-refractivity contribution in [3.8, 4) is 17.0 Å². The maximum atomic E-state index is 10.5. The number of phenols is 1. The fraction of sp³-hybridized carbons (Fsp3) is 0.143. The molecule has 1 aliphatic rings. The Hall–Kier alpha value is -3.12. The molecule has 0 aliphatic carbocycles. The monoisotopic (exact) mass is 377 g/mol. The van der Waals surface area contributed by atoms with Crippen molar-refractivity contribution in [2.24, 2.45) is 0 Å². The minimum Gasteiger partial charge on any atom is -0.510 e. The van der Waals surface area contributed by atoms with Gasteiger partial charge in [-0.2, -0.15) is 0 Å². The van der Waals surface area contributed by atoms with E-state index >= 15 is 0 Å². The lowest BCUT2D eigenvalue weighted by molar-refractivity contribution is 0.411. The highest BCUT2D eigenvalue weighted by molar-refractivity contribution is 7.11. The molecule has 1 aromatic heterocycles. The Morgan fingerprint density at radius 1 is 1.07 bits per heavy atom. The van der Waals surface area contributed by atoms with Crippen LogP contribution >= 0.6 is 11.3 Å². The number of aromatic nitrogens is 1. The lowest BCUT2D eigenvalue weighted by atomic mass is 10.1. The van der Waals surface area contributed by atoms with Gasteiger partial charge in [0.2, 0.25) is 0 Å². The highest BCUT2D eigenvalue weighted by Gasteiger charge is 2.32. The number of amidine groups is 1. The summed E-state index contributed by atoms with van der Waals surface area (Å²) in [6.07, 6.45) is 0. The normalized spacial score (nSPS) is 14.3. The summed E-state index contributed by atoms with van der Waals surface area (Å²) in [5.74, 6) is 0.297. The molecule has 0 saturated heterocycles. The summed E-state index contributed by atoms with van der Waals surface area (Å²) >= 11 is 1.40. The van der Waals surface area contributed by atoms with Crippen molar-refractivity contribution < 1.29 is 10.2 Å². The number of aliphatic hydroxyl groups excluding tert-OH is 1. The zero-order chi connectivity index (χ0) is 19.1. The van der Waals surface area contributed by atoms with Gasteiger partial charge in [-0.05, 0) is 43.2 Å². The first-order chi connectivity index (χ1) is 13.0. The van der Waals surface area contributed by atoms with Crippen molar-refractivity contribution >= 4 is 28.4 Å². The number of phenolic OH excluding ortho intramolecular Hbond substituents is 1. The quantitative estimate of drug-likeness (QED) is 0.606. The van der Waals surface area contributed by atoms with Crippen molar-refractivity contribution in [1.82, 2.24) is 4.98 Å². The van der Waals surface area contributed by atoms with Crippen molar-refractivity contribution in [3.63, 3.8) is 0 Å². The van der Waals surface area contributed by atoms with Crippen LogP contribution in [0.3, 0.4) is 0 Å². The molecule has 0 saturated carbocycles. The second-order valence-corrected chi connectivity index (χ2v) is 7.44. The zero-order valence-corrected chi connectivity index (χ0v) is 15.8. The van der Waals surface area contributed by atoms with E-state index in [-0.39, 0.29) is 23.9 Å². The summed E-state index contributed by atoms with van der Waals surface area (Å²) in [5.41, 5.74) is 5.18. The minimum absolute atomic E-state index is 0.0752. The molecule has 5 nitrogen and oxygen atoms in total. The van der Waals surface area contributed by atoms with Gasteiger partial charge in [0.15, 0.2) is 0 Å². The minimum atomic E-state index is 0.0752. The van der Waals surface area contributed by atoms with E-state index in [1.807, 2.05) is 11.4 Å². The third-order valence-electron chi connectivity index (χ3n) is 4.80. The largest absolute Gasteiger partial charge is 0.510 e. The fourth-order valence-electron chi connectivity index (χ4n) is 3.12. The molecule has 136 valence electrons. The van der Waals surface area contributed by atoms with Gasteiger partial charge in [0.05, 0.1) is 23.5 Å². The van der Waals surface area contributed by atoms with Crippen LogP contribution in [0.5, 0.6) is 5.75 Å². The number of thiazole rings is 1. The molecule has 0 radical (unpaired) electrons. The molecule has 1 aliphatic heterocycles. The number of benzene rings is 2. The topological polar surface area (TPSA) is 80.4 Å². The molecule has 3 N–H and O–H groups in total. The molecule has 0 amide bonds. The molecule has 0 atom stereocenters. The van der Waals surface area contributed by atoms with Gasteiger partial charge in [-0.1, -0.05) is 24.3 Å². The van der Waals surface area contributed by atoms with Crippen LogP contribution in [0.25, 0.3) is 16.8 Å². The van der Waals surface area contributed by atoms with Gasteiger partial charge in [0.25, 0.3) is 0 Å². The van der Waals surface area contributed by atoms with Crippen molar-refractivity contribution in [2.45, 2.75) is 13.8 Å². The third-order valence-corrected chi connectivity index (χ3v) is 5.66. The highest BCUT2D eigenvalue weighted by atomic mass is 32.1. The number of aryl methyl sites for hydroxylation is 2. The summed E-state index contributed by atoms with van der Waals surface area (Å²) in [4.78, 5) is 6.24. The van der Waals surface area contributed by atoms with Crippen LogP contribution in [0.15, 0.2) is 53.6 Å². The Balaban J connectivity index is 1.67. The average molecular weight is 377 g/mol. The lowest BCUT2D eigenvalue weighted by Crippen LogP contribution is -2.26. The Kier molecular flexibility index (Phi) is 4.20. The first-order valence-corrected chi connectivity index (χ1v) is 9.43. The van der Waals surface area contributed by atoms with Gasteiger partial charge >= 0.3 is 0 Å². The number of aliphatic hydroxyl groups is 1. The number of aromatic hydroxyl groups is 1. The Morgan fingerprint density at radius 3 is 2.59 bits per heavy atom. The predicted molar refractivity (Wildman–Crippen MR) is 110 cm³/mol. The van der Waals surface area contributed by atoms with E-state index in [2.05, 4.69) is 31.0 Å². The van der Waals surface area contributed by atoms with Gasteiger partial charge in [-0.25, -0.2) is 4.98 Å². The van der Waals surface area contributed by atoms with Crippen LogP contribution in [0.1, 0.15) is 16.1 Å². The highest BCUT2D eigenvalue weighted by Crippen LogP contribution is 2.37. The summed E-state index contributed by atoms with van der Waals surface area (Å²) < 4.78 is 0. The summed E-state index contributed by atoms with van der Waals surface area (Å²) in [6.45, 7) is 4.28. The number of hydrogen-bond acceptors (Lipinski definition) is 5. The molecule has 2 heterocycles. The average Bonchev–Trinajstić information content (AvgIpc) is 3.22. The van der Waals surface area contributed by atoms with Gasteiger partial charge in [0, 0.05) is 10.9 Å². The molecule has 3 aromatic rings. The summed E-state index contributed by atoms with van der Waals surface area (Å²) in [5, 5.41) is 31.6. The number of para-hydroxylation sites is 2.